The molecule has 0 fully saturated rings. The molecule has 1 heterocycles. The largest absolute Gasteiger partial charge is 0.420 e. The fraction of sp³-hybridized carbons (Fsp3) is 0.100. The number of benzene rings is 1. The molecule has 17 heavy (non-hydrogen) atoms. The van der Waals surface area contributed by atoms with Crippen LogP contribution in [-0.2, 0) is 7.05 Å². The van der Waals surface area contributed by atoms with E-state index >= 15 is 0 Å². The summed E-state index contributed by atoms with van der Waals surface area (Å²) in [5, 5.41) is 11.0. The first-order valence-corrected chi connectivity index (χ1v) is 4.73. The highest BCUT2D eigenvalue weighted by atomic mass is 19.1. The Morgan fingerprint density at radius 2 is 2.29 bits per heavy atom. The molecule has 0 aliphatic rings. The minimum Gasteiger partial charge on any atom is -0.420 e. The van der Waals surface area contributed by atoms with Gasteiger partial charge in [0.25, 0.3) is 0 Å². The monoisotopic (exact) mass is 235 g/mol. The number of amidine groups is 1. The Kier molecular flexibility index (Phi) is 2.73. The average molecular weight is 235 g/mol. The first-order chi connectivity index (χ1) is 8.06. The lowest BCUT2D eigenvalue weighted by Gasteiger charge is -2.04. The molecule has 2 aromatic rings. The molecule has 0 radical (unpaired) electrons. The number of hydrogen-bond acceptors (Lipinski definition) is 4. The van der Waals surface area contributed by atoms with Gasteiger partial charge in [-0.3, -0.25) is 10.1 Å². The van der Waals surface area contributed by atoms with Crippen LogP contribution in [0.1, 0.15) is 5.56 Å². The Morgan fingerprint density at radius 1 is 1.53 bits per heavy atom. The maximum Gasteiger partial charge on any atom is 0.341 e. The van der Waals surface area contributed by atoms with E-state index < -0.39 is 5.82 Å². The van der Waals surface area contributed by atoms with Crippen molar-refractivity contribution in [2.75, 3.05) is 0 Å². The van der Waals surface area contributed by atoms with Crippen molar-refractivity contribution in [2.45, 2.75) is 0 Å². The lowest BCUT2D eigenvalue weighted by molar-refractivity contribution is 0.409. The van der Waals surface area contributed by atoms with Crippen LogP contribution in [0.2, 0.25) is 0 Å². The predicted molar refractivity (Wildman–Crippen MR) is 58.5 cm³/mol. The van der Waals surface area contributed by atoms with Crippen LogP contribution in [0.4, 0.5) is 4.39 Å². The molecule has 0 aliphatic heterocycles. The fourth-order valence-electron chi connectivity index (χ4n) is 1.22. The van der Waals surface area contributed by atoms with Crippen LogP contribution in [0.25, 0.3) is 0 Å². The number of hydrogen-bond donors (Lipinski definition) is 2. The molecule has 0 amide bonds. The maximum absolute atomic E-state index is 13.6. The zero-order valence-electron chi connectivity index (χ0n) is 9.01. The van der Waals surface area contributed by atoms with E-state index in [1.54, 1.807) is 7.05 Å². The number of ether oxygens (including phenoxy) is 1. The van der Waals surface area contributed by atoms with Gasteiger partial charge in [-0.05, 0) is 18.2 Å². The molecule has 2 rings (SSSR count). The zero-order chi connectivity index (χ0) is 12.4. The summed E-state index contributed by atoms with van der Waals surface area (Å²) >= 11 is 0. The van der Waals surface area contributed by atoms with Gasteiger partial charge in [-0.1, -0.05) is 0 Å². The van der Waals surface area contributed by atoms with E-state index in [-0.39, 0.29) is 17.6 Å². The topological polar surface area (TPSA) is 89.8 Å². The second kappa shape index (κ2) is 4.20. The number of nitrogen functional groups attached to an aromatic ring is 1. The van der Waals surface area contributed by atoms with E-state index in [4.69, 9.17) is 15.9 Å². The van der Waals surface area contributed by atoms with Gasteiger partial charge in [0.15, 0.2) is 11.6 Å². The quantitative estimate of drug-likeness (QED) is 0.614. The van der Waals surface area contributed by atoms with E-state index in [1.807, 2.05) is 0 Å². The second-order valence-corrected chi connectivity index (χ2v) is 3.36. The van der Waals surface area contributed by atoms with Crippen LogP contribution < -0.4 is 10.5 Å². The zero-order valence-corrected chi connectivity index (χ0v) is 9.01. The minimum atomic E-state index is -0.620. The second-order valence-electron chi connectivity index (χ2n) is 3.36. The molecule has 1 aromatic heterocycles. The van der Waals surface area contributed by atoms with Crippen molar-refractivity contribution in [2.24, 2.45) is 12.8 Å². The molecule has 3 N–H and O–H groups in total. The number of nitrogens with zero attached hydrogens (tertiary/aromatic N) is 3. The summed E-state index contributed by atoms with van der Waals surface area (Å²) in [5.41, 5.74) is 5.53. The van der Waals surface area contributed by atoms with Gasteiger partial charge >= 0.3 is 6.01 Å². The molecular formula is C10H10FN5O. The Bertz CT molecular complexity index is 566. The standard InChI is InChI=1S/C10H10FN5O/c1-16-5-14-10(15-16)17-8-3-2-6(9(12)13)4-7(8)11/h2-5H,1H3,(H3,12,13). The summed E-state index contributed by atoms with van der Waals surface area (Å²) in [6, 6.07) is 4.05. The van der Waals surface area contributed by atoms with Crippen molar-refractivity contribution in [1.29, 1.82) is 5.41 Å². The van der Waals surface area contributed by atoms with Crippen LogP contribution >= 0.6 is 0 Å². The summed E-state index contributed by atoms with van der Waals surface area (Å²) in [6.07, 6.45) is 1.44. The normalized spacial score (nSPS) is 10.2. The minimum absolute atomic E-state index is 0.0128. The van der Waals surface area contributed by atoms with Crippen LogP contribution in [0.15, 0.2) is 24.5 Å². The lowest BCUT2D eigenvalue weighted by Crippen LogP contribution is -2.11. The number of rotatable bonds is 3. The van der Waals surface area contributed by atoms with E-state index in [0.29, 0.717) is 5.56 Å². The number of aryl methyl sites for hydroxylation is 1. The Labute approximate surface area is 96.3 Å². The highest BCUT2D eigenvalue weighted by Gasteiger charge is 2.09. The highest BCUT2D eigenvalue weighted by molar-refractivity contribution is 5.95. The van der Waals surface area contributed by atoms with E-state index in [9.17, 15) is 4.39 Å². The first kappa shape index (κ1) is 11.1. The smallest absolute Gasteiger partial charge is 0.341 e. The molecule has 0 saturated carbocycles. The molecule has 0 spiro atoms. The molecule has 0 atom stereocenters. The molecule has 88 valence electrons. The first-order valence-electron chi connectivity index (χ1n) is 4.73. The van der Waals surface area contributed by atoms with Crippen molar-refractivity contribution in [3.8, 4) is 11.8 Å². The van der Waals surface area contributed by atoms with Gasteiger partial charge < -0.3 is 10.5 Å². The van der Waals surface area contributed by atoms with Crippen molar-refractivity contribution in [1.82, 2.24) is 14.8 Å². The SMILES string of the molecule is Cn1cnc(Oc2ccc(C(=N)N)cc2F)n1. The van der Waals surface area contributed by atoms with Gasteiger partial charge in [0.2, 0.25) is 0 Å². The molecule has 7 heteroatoms. The summed E-state index contributed by atoms with van der Waals surface area (Å²) in [7, 11) is 1.68. The maximum atomic E-state index is 13.6. The van der Waals surface area contributed by atoms with Gasteiger partial charge in [0.05, 0.1) is 0 Å². The van der Waals surface area contributed by atoms with Crippen molar-refractivity contribution >= 4 is 5.84 Å². The van der Waals surface area contributed by atoms with Gasteiger partial charge in [0, 0.05) is 12.6 Å². The molecule has 0 saturated heterocycles. The van der Waals surface area contributed by atoms with Crippen molar-refractivity contribution in [3.63, 3.8) is 0 Å². The van der Waals surface area contributed by atoms with Crippen LogP contribution in [0.3, 0.4) is 0 Å². The average Bonchev–Trinajstić information content (AvgIpc) is 2.67. The van der Waals surface area contributed by atoms with Gasteiger partial charge in [-0.25, -0.2) is 4.39 Å². The van der Waals surface area contributed by atoms with E-state index in [2.05, 4.69) is 10.1 Å². The van der Waals surface area contributed by atoms with E-state index in [0.717, 1.165) is 6.07 Å². The summed E-state index contributed by atoms with van der Waals surface area (Å²) in [5.74, 6) is -0.835. The molecule has 0 unspecified atom stereocenters. The molecule has 0 aliphatic carbocycles. The van der Waals surface area contributed by atoms with Crippen molar-refractivity contribution in [3.05, 3.63) is 35.9 Å². The third-order valence-electron chi connectivity index (χ3n) is 2.02. The highest BCUT2D eigenvalue weighted by Crippen LogP contribution is 2.22. The van der Waals surface area contributed by atoms with Gasteiger partial charge in [0.1, 0.15) is 12.2 Å². The van der Waals surface area contributed by atoms with Gasteiger partial charge in [-0.2, -0.15) is 4.98 Å². The Morgan fingerprint density at radius 3 is 2.82 bits per heavy atom. The fourth-order valence-corrected chi connectivity index (χ4v) is 1.22. The summed E-state index contributed by atoms with van der Waals surface area (Å²) in [4.78, 5) is 3.81. The molecular weight excluding hydrogens is 225 g/mol. The van der Waals surface area contributed by atoms with Crippen LogP contribution in [0.5, 0.6) is 11.8 Å². The molecule has 0 bridgehead atoms. The third-order valence-corrected chi connectivity index (χ3v) is 2.02. The molecule has 1 aromatic carbocycles. The number of aromatic nitrogens is 3. The summed E-state index contributed by atoms with van der Waals surface area (Å²) in [6.45, 7) is 0. The van der Waals surface area contributed by atoms with E-state index in [1.165, 1.54) is 23.1 Å². The Balaban J connectivity index is 2.25. The van der Waals surface area contributed by atoms with Crippen LogP contribution in [-0.4, -0.2) is 20.6 Å². The third kappa shape index (κ3) is 2.39. The lowest BCUT2D eigenvalue weighted by atomic mass is 10.2. The van der Waals surface area contributed by atoms with Crippen molar-refractivity contribution < 1.29 is 9.13 Å². The van der Waals surface area contributed by atoms with Gasteiger partial charge in [-0.15, -0.1) is 5.10 Å². The predicted octanol–water partition coefficient (Wildman–Crippen LogP) is 1.03. The summed E-state index contributed by atoms with van der Waals surface area (Å²) < 4.78 is 20.1. The number of nitrogens with two attached hydrogens (primary N) is 1. The number of nitrogens with one attached hydrogen (secondary N) is 1. The molecule has 6 nitrogen and oxygen atoms in total. The van der Waals surface area contributed by atoms with Crippen LogP contribution in [0, 0.1) is 11.2 Å². The Hall–Kier alpha value is -2.44. The number of halogens is 1.